The first-order valence-electron chi connectivity index (χ1n) is 10.6. The normalized spacial score (nSPS) is 21.1. The molecule has 2 N–H and O–H groups in total. The van der Waals surface area contributed by atoms with E-state index in [1.54, 1.807) is 29.2 Å². The van der Waals surface area contributed by atoms with Crippen molar-refractivity contribution in [3.63, 3.8) is 0 Å². The highest BCUT2D eigenvalue weighted by Gasteiger charge is 2.38. The lowest BCUT2D eigenvalue weighted by Gasteiger charge is -2.29. The van der Waals surface area contributed by atoms with Gasteiger partial charge in [0.1, 0.15) is 6.04 Å². The Morgan fingerprint density at radius 2 is 1.58 bits per heavy atom. The fraction of sp³-hybridized carbons (Fsp3) is 0.391. The van der Waals surface area contributed by atoms with Gasteiger partial charge in [-0.15, -0.1) is 0 Å². The van der Waals surface area contributed by atoms with Crippen LogP contribution in [0.15, 0.2) is 48.5 Å². The minimum absolute atomic E-state index is 0.172. The van der Waals surface area contributed by atoms with E-state index in [1.807, 2.05) is 31.2 Å². The molecule has 7 nitrogen and oxygen atoms in total. The quantitative estimate of drug-likeness (QED) is 0.748. The molecule has 0 bridgehead atoms. The summed E-state index contributed by atoms with van der Waals surface area (Å²) < 4.78 is 5.39. The minimum Gasteiger partial charge on any atom is -0.378 e. The highest BCUT2D eigenvalue weighted by Crippen LogP contribution is 2.26. The molecule has 3 amide bonds. The van der Waals surface area contributed by atoms with Crippen LogP contribution >= 0.6 is 11.6 Å². The van der Waals surface area contributed by atoms with E-state index in [-0.39, 0.29) is 17.9 Å². The average molecular weight is 443 g/mol. The number of morpholine rings is 1. The lowest BCUT2D eigenvalue weighted by Crippen LogP contribution is -2.45. The molecule has 2 fully saturated rings. The third-order valence-corrected chi connectivity index (χ3v) is 5.93. The number of urea groups is 1. The second-order valence-corrected chi connectivity index (χ2v) is 8.52. The van der Waals surface area contributed by atoms with Gasteiger partial charge >= 0.3 is 6.03 Å². The van der Waals surface area contributed by atoms with Crippen molar-refractivity contribution >= 4 is 40.6 Å². The number of carbonyl (C=O) groups excluding carboxylic acids is 2. The zero-order chi connectivity index (χ0) is 21.8. The van der Waals surface area contributed by atoms with Crippen molar-refractivity contribution in [2.24, 2.45) is 5.92 Å². The van der Waals surface area contributed by atoms with Crippen molar-refractivity contribution in [3.05, 3.63) is 53.6 Å². The summed E-state index contributed by atoms with van der Waals surface area (Å²) in [5.74, 6) is 0.0742. The van der Waals surface area contributed by atoms with Crippen LogP contribution in [-0.4, -0.2) is 55.7 Å². The standard InChI is InChI=1S/C23H27ClN4O3/c1-16-14-21(28(15-16)23(30)26-19-4-2-17(24)3-5-19)22(29)25-18-6-8-20(9-7-18)27-10-12-31-13-11-27/h2-9,16,21H,10-15H2,1H3,(H,25,29)(H,26,30). The first kappa shape index (κ1) is 21.5. The Balaban J connectivity index is 1.39. The van der Waals surface area contributed by atoms with Gasteiger partial charge in [-0.1, -0.05) is 18.5 Å². The summed E-state index contributed by atoms with van der Waals surface area (Å²) in [4.78, 5) is 29.7. The zero-order valence-electron chi connectivity index (χ0n) is 17.5. The molecule has 2 heterocycles. The molecule has 0 saturated carbocycles. The Morgan fingerprint density at radius 1 is 0.968 bits per heavy atom. The molecule has 2 saturated heterocycles. The summed E-state index contributed by atoms with van der Waals surface area (Å²) in [7, 11) is 0. The van der Waals surface area contributed by atoms with Gasteiger partial charge in [-0.05, 0) is 60.9 Å². The van der Waals surface area contributed by atoms with Crippen LogP contribution in [0.1, 0.15) is 13.3 Å². The molecular weight excluding hydrogens is 416 g/mol. The molecule has 0 spiro atoms. The van der Waals surface area contributed by atoms with E-state index in [2.05, 4.69) is 15.5 Å². The topological polar surface area (TPSA) is 73.9 Å². The minimum atomic E-state index is -0.513. The largest absolute Gasteiger partial charge is 0.378 e. The Labute approximate surface area is 187 Å². The first-order chi connectivity index (χ1) is 15.0. The summed E-state index contributed by atoms with van der Waals surface area (Å²) in [5, 5.41) is 6.43. The molecule has 8 heteroatoms. The molecule has 0 aliphatic carbocycles. The van der Waals surface area contributed by atoms with Gasteiger partial charge in [0, 0.05) is 41.7 Å². The summed E-state index contributed by atoms with van der Waals surface area (Å²) in [5.41, 5.74) is 2.48. The second kappa shape index (κ2) is 9.58. The molecule has 2 aliphatic rings. The van der Waals surface area contributed by atoms with Crippen LogP contribution in [0.5, 0.6) is 0 Å². The van der Waals surface area contributed by atoms with E-state index in [9.17, 15) is 9.59 Å². The van der Waals surface area contributed by atoms with Gasteiger partial charge in [-0.3, -0.25) is 4.79 Å². The Bertz CT molecular complexity index is 913. The fourth-order valence-corrected chi connectivity index (χ4v) is 4.18. The van der Waals surface area contributed by atoms with Gasteiger partial charge in [-0.25, -0.2) is 4.79 Å². The van der Waals surface area contributed by atoms with Gasteiger partial charge in [0.2, 0.25) is 5.91 Å². The SMILES string of the molecule is CC1CC(C(=O)Nc2ccc(N3CCOCC3)cc2)N(C(=O)Nc2ccc(Cl)cc2)C1. The van der Waals surface area contributed by atoms with E-state index < -0.39 is 6.04 Å². The lowest BCUT2D eigenvalue weighted by molar-refractivity contribution is -0.119. The molecule has 4 rings (SSSR count). The molecule has 164 valence electrons. The summed E-state index contributed by atoms with van der Waals surface area (Å²) in [6.07, 6.45) is 0.631. The molecule has 2 aromatic rings. The summed E-state index contributed by atoms with van der Waals surface area (Å²) >= 11 is 5.91. The number of carbonyl (C=O) groups is 2. The predicted octanol–water partition coefficient (Wildman–Crippen LogP) is 4.06. The number of rotatable bonds is 4. The Kier molecular flexibility index (Phi) is 6.63. The van der Waals surface area contributed by atoms with E-state index >= 15 is 0 Å². The number of hydrogen-bond acceptors (Lipinski definition) is 4. The van der Waals surface area contributed by atoms with Crippen LogP contribution in [0.4, 0.5) is 21.9 Å². The zero-order valence-corrected chi connectivity index (χ0v) is 18.3. The number of nitrogens with zero attached hydrogens (tertiary/aromatic N) is 2. The van der Waals surface area contributed by atoms with Crippen LogP contribution in [0.25, 0.3) is 0 Å². The van der Waals surface area contributed by atoms with Crippen molar-refractivity contribution in [2.45, 2.75) is 19.4 Å². The summed E-state index contributed by atoms with van der Waals surface area (Å²) in [6.45, 7) is 5.77. The van der Waals surface area contributed by atoms with Gasteiger partial charge in [0.05, 0.1) is 13.2 Å². The van der Waals surface area contributed by atoms with E-state index in [4.69, 9.17) is 16.3 Å². The molecule has 2 unspecified atom stereocenters. The van der Waals surface area contributed by atoms with E-state index in [1.165, 1.54) is 0 Å². The second-order valence-electron chi connectivity index (χ2n) is 8.08. The number of halogens is 1. The number of benzene rings is 2. The first-order valence-corrected chi connectivity index (χ1v) is 10.9. The maximum Gasteiger partial charge on any atom is 0.322 e. The van der Waals surface area contributed by atoms with Crippen LogP contribution in [0, 0.1) is 5.92 Å². The molecule has 0 aromatic heterocycles. The molecule has 2 aliphatic heterocycles. The van der Waals surface area contributed by atoms with Gasteiger partial charge in [0.15, 0.2) is 0 Å². The third-order valence-electron chi connectivity index (χ3n) is 5.68. The number of likely N-dealkylation sites (tertiary alicyclic amines) is 1. The Hall–Kier alpha value is -2.77. The monoisotopic (exact) mass is 442 g/mol. The number of ether oxygens (including phenoxy) is 1. The molecule has 2 aromatic carbocycles. The lowest BCUT2D eigenvalue weighted by atomic mass is 10.1. The van der Waals surface area contributed by atoms with Crippen molar-refractivity contribution in [2.75, 3.05) is 48.4 Å². The van der Waals surface area contributed by atoms with Gasteiger partial charge < -0.3 is 25.2 Å². The number of hydrogen-bond donors (Lipinski definition) is 2. The van der Waals surface area contributed by atoms with Crippen LogP contribution in [0.3, 0.4) is 0 Å². The van der Waals surface area contributed by atoms with Crippen LogP contribution in [-0.2, 0) is 9.53 Å². The maximum atomic E-state index is 13.0. The predicted molar refractivity (Wildman–Crippen MR) is 123 cm³/mol. The fourth-order valence-electron chi connectivity index (χ4n) is 4.05. The van der Waals surface area contributed by atoms with Crippen molar-refractivity contribution in [1.29, 1.82) is 0 Å². The van der Waals surface area contributed by atoms with Crippen molar-refractivity contribution in [3.8, 4) is 0 Å². The number of nitrogens with one attached hydrogen (secondary N) is 2. The summed E-state index contributed by atoms with van der Waals surface area (Å²) in [6, 6.07) is 13.9. The number of anilines is 3. The van der Waals surface area contributed by atoms with Crippen molar-refractivity contribution < 1.29 is 14.3 Å². The number of amides is 3. The van der Waals surface area contributed by atoms with E-state index in [0.29, 0.717) is 23.7 Å². The average Bonchev–Trinajstić information content (AvgIpc) is 3.18. The molecule has 0 radical (unpaired) electrons. The Morgan fingerprint density at radius 3 is 2.26 bits per heavy atom. The highest BCUT2D eigenvalue weighted by atomic mass is 35.5. The van der Waals surface area contributed by atoms with Crippen molar-refractivity contribution in [1.82, 2.24) is 4.90 Å². The highest BCUT2D eigenvalue weighted by molar-refractivity contribution is 6.30. The third kappa shape index (κ3) is 5.29. The molecule has 2 atom stereocenters. The van der Waals surface area contributed by atoms with Gasteiger partial charge in [-0.2, -0.15) is 0 Å². The van der Waals surface area contributed by atoms with Gasteiger partial charge in [0.25, 0.3) is 0 Å². The molecule has 31 heavy (non-hydrogen) atoms. The smallest absolute Gasteiger partial charge is 0.322 e. The molecular formula is C23H27ClN4O3. The van der Waals surface area contributed by atoms with Crippen LogP contribution in [0.2, 0.25) is 5.02 Å². The maximum absolute atomic E-state index is 13.0. The van der Waals surface area contributed by atoms with Crippen LogP contribution < -0.4 is 15.5 Å². The van der Waals surface area contributed by atoms with E-state index in [0.717, 1.165) is 37.7 Å².